The van der Waals surface area contributed by atoms with Gasteiger partial charge in [-0.25, -0.2) is 0 Å². The van der Waals surface area contributed by atoms with Gasteiger partial charge in [-0.2, -0.15) is 0 Å². The maximum atomic E-state index is 12.0. The number of hydrogen-bond donors (Lipinski definition) is 2. The van der Waals surface area contributed by atoms with Crippen LogP contribution in [0.3, 0.4) is 0 Å². The third-order valence-corrected chi connectivity index (χ3v) is 3.49. The molecule has 1 atom stereocenters. The summed E-state index contributed by atoms with van der Waals surface area (Å²) in [5, 5.41) is 3.55. The number of halogens is 1. The summed E-state index contributed by atoms with van der Waals surface area (Å²) in [6.07, 6.45) is 0. The van der Waals surface area contributed by atoms with E-state index in [2.05, 4.69) is 5.32 Å². The molecule has 0 heterocycles. The highest BCUT2D eigenvalue weighted by Crippen LogP contribution is 2.21. The molecule has 0 radical (unpaired) electrons. The molecule has 2 N–H and O–H groups in total. The van der Waals surface area contributed by atoms with Gasteiger partial charge in [0, 0.05) is 16.3 Å². The minimum absolute atomic E-state index is 0.0234. The van der Waals surface area contributed by atoms with Gasteiger partial charge in [-0.05, 0) is 30.3 Å². The number of anilines is 1. The predicted molar refractivity (Wildman–Crippen MR) is 88.5 cm³/mol. The third kappa shape index (κ3) is 4.76. The van der Waals surface area contributed by atoms with Crippen molar-refractivity contribution in [3.05, 3.63) is 59.1 Å². The van der Waals surface area contributed by atoms with E-state index < -0.39 is 0 Å². The Balaban J connectivity index is 1.94. The Kier molecular flexibility index (Phi) is 5.81. The van der Waals surface area contributed by atoms with Crippen LogP contribution in [0, 0.1) is 0 Å². The minimum Gasteiger partial charge on any atom is -0.496 e. The molecule has 5 heteroatoms. The largest absolute Gasteiger partial charge is 0.496 e. The van der Waals surface area contributed by atoms with Gasteiger partial charge in [-0.15, -0.1) is 0 Å². The number of amides is 1. The highest BCUT2D eigenvalue weighted by atomic mass is 35.5. The predicted octanol–water partition coefficient (Wildman–Crippen LogP) is 2.00. The van der Waals surface area contributed by atoms with Gasteiger partial charge >= 0.3 is 0 Å². The van der Waals surface area contributed by atoms with Crippen molar-refractivity contribution in [2.75, 3.05) is 26.0 Å². The van der Waals surface area contributed by atoms with E-state index in [9.17, 15) is 4.79 Å². The number of carbonyl (C=O) groups excluding carboxylic acids is 1. The van der Waals surface area contributed by atoms with Gasteiger partial charge in [-0.1, -0.05) is 29.8 Å². The zero-order valence-corrected chi connectivity index (χ0v) is 13.5. The number of quaternary nitrogens is 1. The van der Waals surface area contributed by atoms with Gasteiger partial charge in [0.25, 0.3) is 5.91 Å². The Morgan fingerprint density at radius 2 is 1.95 bits per heavy atom. The van der Waals surface area contributed by atoms with E-state index in [0.29, 0.717) is 18.1 Å². The molecule has 0 saturated carbocycles. The summed E-state index contributed by atoms with van der Waals surface area (Å²) in [7, 11) is 3.59. The summed E-state index contributed by atoms with van der Waals surface area (Å²) < 4.78 is 5.33. The van der Waals surface area contributed by atoms with Crippen molar-refractivity contribution in [1.29, 1.82) is 0 Å². The highest BCUT2D eigenvalue weighted by Gasteiger charge is 2.14. The average molecular weight is 320 g/mol. The molecule has 0 aliphatic heterocycles. The van der Waals surface area contributed by atoms with E-state index >= 15 is 0 Å². The maximum absolute atomic E-state index is 12.0. The summed E-state index contributed by atoms with van der Waals surface area (Å²) in [5.41, 5.74) is 1.79. The third-order valence-electron chi connectivity index (χ3n) is 3.25. The zero-order valence-electron chi connectivity index (χ0n) is 12.7. The maximum Gasteiger partial charge on any atom is 0.279 e. The van der Waals surface area contributed by atoms with Crippen LogP contribution in [0.25, 0.3) is 0 Å². The fraction of sp³-hybridized carbons (Fsp3) is 0.235. The summed E-state index contributed by atoms with van der Waals surface area (Å²) in [4.78, 5) is 13.1. The molecule has 1 amide bonds. The molecule has 0 bridgehead atoms. The molecule has 0 aliphatic rings. The monoisotopic (exact) mass is 319 g/mol. The second-order valence-corrected chi connectivity index (χ2v) is 5.62. The Labute approximate surface area is 135 Å². The summed E-state index contributed by atoms with van der Waals surface area (Å²) in [5.74, 6) is 0.761. The molecule has 2 rings (SSSR count). The molecular formula is C17H20ClN2O2+. The Bertz CT molecular complexity index is 632. The Hall–Kier alpha value is -2.04. The normalized spacial score (nSPS) is 11.8. The molecule has 1 unspecified atom stereocenters. The molecule has 0 aromatic heterocycles. The first-order chi connectivity index (χ1) is 10.6. The van der Waals surface area contributed by atoms with Crippen molar-refractivity contribution in [2.24, 2.45) is 0 Å². The van der Waals surface area contributed by atoms with Crippen molar-refractivity contribution >= 4 is 23.2 Å². The van der Waals surface area contributed by atoms with E-state index in [4.69, 9.17) is 16.3 Å². The Morgan fingerprint density at radius 1 is 1.23 bits per heavy atom. The summed E-state index contributed by atoms with van der Waals surface area (Å²) in [6.45, 7) is 1.02. The van der Waals surface area contributed by atoms with Gasteiger partial charge in [0.2, 0.25) is 0 Å². The fourth-order valence-corrected chi connectivity index (χ4v) is 2.47. The molecule has 2 aromatic rings. The van der Waals surface area contributed by atoms with Gasteiger partial charge in [0.1, 0.15) is 12.3 Å². The second-order valence-electron chi connectivity index (χ2n) is 5.18. The smallest absolute Gasteiger partial charge is 0.279 e. The van der Waals surface area contributed by atoms with Crippen LogP contribution in [0.15, 0.2) is 48.5 Å². The van der Waals surface area contributed by atoms with Crippen LogP contribution < -0.4 is 15.0 Å². The van der Waals surface area contributed by atoms with Gasteiger partial charge in [0.05, 0.1) is 14.2 Å². The first-order valence-electron chi connectivity index (χ1n) is 7.07. The number of nitrogens with one attached hydrogen (secondary N) is 2. The van der Waals surface area contributed by atoms with Crippen LogP contribution in [-0.4, -0.2) is 26.6 Å². The summed E-state index contributed by atoms with van der Waals surface area (Å²) in [6, 6.07) is 14.9. The lowest BCUT2D eigenvalue weighted by molar-refractivity contribution is -0.885. The van der Waals surface area contributed by atoms with Crippen molar-refractivity contribution in [3.63, 3.8) is 0 Å². The number of benzene rings is 2. The van der Waals surface area contributed by atoms with Gasteiger partial charge in [-0.3, -0.25) is 4.79 Å². The van der Waals surface area contributed by atoms with Crippen molar-refractivity contribution < 1.29 is 14.4 Å². The standard InChI is InChI=1S/C17H19ClN2O2/c1-20(11-13-10-14(18)8-9-16(13)22-2)12-17(21)19-15-6-4-3-5-7-15/h3-10H,11-12H2,1-2H3,(H,19,21)/p+1. The quantitative estimate of drug-likeness (QED) is 0.855. The number of ether oxygens (including phenoxy) is 1. The molecule has 0 aliphatic carbocycles. The number of para-hydroxylation sites is 1. The lowest BCUT2D eigenvalue weighted by atomic mass is 10.2. The molecule has 0 spiro atoms. The SMILES string of the molecule is COc1ccc(Cl)cc1C[NH+](C)CC(=O)Nc1ccccc1. The second kappa shape index (κ2) is 7.82. The van der Waals surface area contributed by atoms with Crippen LogP contribution in [0.2, 0.25) is 5.02 Å². The van der Waals surface area contributed by atoms with Crippen molar-refractivity contribution in [1.82, 2.24) is 0 Å². The topological polar surface area (TPSA) is 42.8 Å². The number of carbonyl (C=O) groups is 1. The molecule has 116 valence electrons. The molecule has 0 fully saturated rings. The molecule has 0 saturated heterocycles. The average Bonchev–Trinajstić information content (AvgIpc) is 2.48. The van der Waals surface area contributed by atoms with Crippen molar-refractivity contribution in [3.8, 4) is 5.75 Å². The number of methoxy groups -OCH3 is 1. The van der Waals surface area contributed by atoms with Gasteiger partial charge in [0.15, 0.2) is 6.54 Å². The lowest BCUT2D eigenvalue weighted by Gasteiger charge is -2.16. The fourth-order valence-electron chi connectivity index (χ4n) is 2.27. The van der Waals surface area contributed by atoms with Crippen LogP contribution in [0.5, 0.6) is 5.75 Å². The van der Waals surface area contributed by atoms with Crippen LogP contribution in [0.1, 0.15) is 5.56 Å². The molecule has 22 heavy (non-hydrogen) atoms. The van der Waals surface area contributed by atoms with E-state index in [-0.39, 0.29) is 5.91 Å². The van der Waals surface area contributed by atoms with E-state index in [1.54, 1.807) is 13.2 Å². The van der Waals surface area contributed by atoms with Crippen LogP contribution in [0.4, 0.5) is 5.69 Å². The number of hydrogen-bond acceptors (Lipinski definition) is 2. The summed E-state index contributed by atoms with van der Waals surface area (Å²) >= 11 is 6.03. The van der Waals surface area contributed by atoms with Crippen LogP contribution >= 0.6 is 11.6 Å². The van der Waals surface area contributed by atoms with Crippen LogP contribution in [-0.2, 0) is 11.3 Å². The van der Waals surface area contributed by atoms with E-state index in [1.807, 2.05) is 49.5 Å². The van der Waals surface area contributed by atoms with Gasteiger partial charge < -0.3 is 15.0 Å². The highest BCUT2D eigenvalue weighted by molar-refractivity contribution is 6.30. The molecule has 4 nitrogen and oxygen atoms in total. The van der Waals surface area contributed by atoms with E-state index in [0.717, 1.165) is 21.9 Å². The molecular weight excluding hydrogens is 300 g/mol. The minimum atomic E-state index is -0.0234. The number of rotatable bonds is 6. The number of likely N-dealkylation sites (N-methyl/N-ethyl adjacent to an activating group) is 1. The molecule has 2 aromatic carbocycles. The first kappa shape index (κ1) is 16.3. The first-order valence-corrected chi connectivity index (χ1v) is 7.45. The Morgan fingerprint density at radius 3 is 2.64 bits per heavy atom. The van der Waals surface area contributed by atoms with E-state index in [1.165, 1.54) is 0 Å². The zero-order chi connectivity index (χ0) is 15.9. The lowest BCUT2D eigenvalue weighted by Crippen LogP contribution is -3.08. The van der Waals surface area contributed by atoms with Crippen molar-refractivity contribution in [2.45, 2.75) is 6.54 Å².